The molecular formula is C17H24O2. The van der Waals surface area contributed by atoms with Crippen LogP contribution in [0.3, 0.4) is 0 Å². The van der Waals surface area contributed by atoms with E-state index < -0.39 is 0 Å². The topological polar surface area (TPSA) is 29.5 Å². The molecule has 19 heavy (non-hydrogen) atoms. The molecule has 0 spiro atoms. The van der Waals surface area contributed by atoms with Crippen LogP contribution in [0.1, 0.15) is 32.3 Å². The van der Waals surface area contributed by atoms with Gasteiger partial charge in [0, 0.05) is 0 Å². The lowest BCUT2D eigenvalue weighted by atomic mass is 9.45. The quantitative estimate of drug-likeness (QED) is 0.903. The molecule has 2 nitrogen and oxygen atoms in total. The number of ether oxygens (including phenoxy) is 1. The van der Waals surface area contributed by atoms with Gasteiger partial charge in [0.05, 0.1) is 13.2 Å². The fourth-order valence-electron chi connectivity index (χ4n) is 4.23. The van der Waals surface area contributed by atoms with Crippen molar-refractivity contribution in [1.82, 2.24) is 0 Å². The Hall–Kier alpha value is -1.02. The summed E-state index contributed by atoms with van der Waals surface area (Å²) in [6.45, 7) is 4.63. The second kappa shape index (κ2) is 4.52. The minimum Gasteiger partial charge on any atom is -0.496 e. The molecule has 0 radical (unpaired) electrons. The standard InChI is InChI=1S/C17H24O2/c1-17(2)13-9-12(16(18)14(17)10-13)8-11-6-4-5-7-15(11)19-3/h4-7,12-14,16,18H,8-10H2,1-3H3/t12-,13+,14+,16-/m1/s1. The summed E-state index contributed by atoms with van der Waals surface area (Å²) in [6.07, 6.45) is 3.16. The number of fused-ring (bicyclic) bond motifs is 2. The minimum absolute atomic E-state index is 0.148. The summed E-state index contributed by atoms with van der Waals surface area (Å²) < 4.78 is 5.42. The zero-order chi connectivity index (χ0) is 13.6. The summed E-state index contributed by atoms with van der Waals surface area (Å²) in [4.78, 5) is 0. The van der Waals surface area contributed by atoms with Gasteiger partial charge in [-0.3, -0.25) is 0 Å². The molecule has 3 saturated carbocycles. The molecule has 4 rings (SSSR count). The van der Waals surface area contributed by atoms with Crippen LogP contribution < -0.4 is 4.74 Å². The van der Waals surface area contributed by atoms with E-state index in [9.17, 15) is 5.11 Å². The van der Waals surface area contributed by atoms with E-state index in [-0.39, 0.29) is 6.10 Å². The highest BCUT2D eigenvalue weighted by Gasteiger charge is 2.57. The Morgan fingerprint density at radius 1 is 1.26 bits per heavy atom. The first-order valence-electron chi connectivity index (χ1n) is 7.34. The van der Waals surface area contributed by atoms with Gasteiger partial charge in [0.1, 0.15) is 5.75 Å². The third-order valence-corrected chi connectivity index (χ3v) is 5.70. The van der Waals surface area contributed by atoms with Crippen molar-refractivity contribution in [2.24, 2.45) is 23.2 Å². The third-order valence-electron chi connectivity index (χ3n) is 5.70. The molecule has 1 aromatic rings. The predicted octanol–water partition coefficient (Wildman–Crippen LogP) is 3.28. The molecule has 0 amide bonds. The number of benzene rings is 1. The van der Waals surface area contributed by atoms with Crippen molar-refractivity contribution >= 4 is 0 Å². The molecule has 0 saturated heterocycles. The molecule has 2 bridgehead atoms. The molecule has 3 aliphatic rings. The smallest absolute Gasteiger partial charge is 0.122 e. The first-order valence-corrected chi connectivity index (χ1v) is 7.34. The number of rotatable bonds is 3. The molecule has 0 unspecified atom stereocenters. The Balaban J connectivity index is 1.75. The summed E-state index contributed by atoms with van der Waals surface area (Å²) in [5.41, 5.74) is 1.57. The SMILES string of the molecule is COc1ccccc1C[C@@H]1C[C@H]2C[C@@H]([C@@H]1O)C2(C)C. The summed E-state index contributed by atoms with van der Waals surface area (Å²) in [5, 5.41) is 10.6. The highest BCUT2D eigenvalue weighted by atomic mass is 16.5. The van der Waals surface area contributed by atoms with Crippen molar-refractivity contribution in [1.29, 1.82) is 0 Å². The van der Waals surface area contributed by atoms with E-state index in [4.69, 9.17) is 4.74 Å². The van der Waals surface area contributed by atoms with Crippen molar-refractivity contribution in [2.45, 2.75) is 39.2 Å². The van der Waals surface area contributed by atoms with E-state index in [0.29, 0.717) is 17.3 Å². The molecular weight excluding hydrogens is 236 g/mol. The van der Waals surface area contributed by atoms with E-state index >= 15 is 0 Å². The lowest BCUT2D eigenvalue weighted by Crippen LogP contribution is -2.58. The minimum atomic E-state index is -0.148. The maximum Gasteiger partial charge on any atom is 0.122 e. The molecule has 0 heterocycles. The van der Waals surface area contributed by atoms with Gasteiger partial charge < -0.3 is 9.84 Å². The highest BCUT2D eigenvalue weighted by Crippen LogP contribution is 2.61. The molecule has 4 atom stereocenters. The number of aliphatic hydroxyl groups excluding tert-OH is 1. The second-order valence-electron chi connectivity index (χ2n) is 6.86. The van der Waals surface area contributed by atoms with Gasteiger partial charge >= 0.3 is 0 Å². The normalized spacial score (nSPS) is 35.6. The summed E-state index contributed by atoms with van der Waals surface area (Å²) in [6, 6.07) is 8.18. The fraction of sp³-hybridized carbons (Fsp3) is 0.647. The number of aliphatic hydroxyl groups is 1. The summed E-state index contributed by atoms with van der Waals surface area (Å²) in [5.74, 6) is 2.63. The maximum absolute atomic E-state index is 10.6. The monoisotopic (exact) mass is 260 g/mol. The first-order chi connectivity index (χ1) is 9.04. The van der Waals surface area contributed by atoms with E-state index in [1.807, 2.05) is 12.1 Å². The van der Waals surface area contributed by atoms with Crippen LogP contribution in [0.25, 0.3) is 0 Å². The van der Waals surface area contributed by atoms with Crippen molar-refractivity contribution < 1.29 is 9.84 Å². The van der Waals surface area contributed by atoms with Gasteiger partial charge in [-0.15, -0.1) is 0 Å². The van der Waals surface area contributed by atoms with Crippen LogP contribution in [-0.2, 0) is 6.42 Å². The zero-order valence-electron chi connectivity index (χ0n) is 12.1. The van der Waals surface area contributed by atoms with Crippen LogP contribution in [0.15, 0.2) is 24.3 Å². The lowest BCUT2D eigenvalue weighted by Gasteiger charge is -2.61. The Bertz CT molecular complexity index is 466. The van der Waals surface area contributed by atoms with Crippen LogP contribution in [0.2, 0.25) is 0 Å². The summed E-state index contributed by atoms with van der Waals surface area (Å²) in [7, 11) is 1.72. The molecule has 0 aromatic heterocycles. The van der Waals surface area contributed by atoms with Crippen molar-refractivity contribution in [3.05, 3.63) is 29.8 Å². The fourth-order valence-corrected chi connectivity index (χ4v) is 4.23. The van der Waals surface area contributed by atoms with E-state index in [1.165, 1.54) is 12.0 Å². The Kier molecular flexibility index (Phi) is 3.09. The van der Waals surface area contributed by atoms with Gasteiger partial charge in [0.25, 0.3) is 0 Å². The van der Waals surface area contributed by atoms with E-state index in [1.54, 1.807) is 7.11 Å². The number of para-hydroxylation sites is 1. The molecule has 1 N–H and O–H groups in total. The zero-order valence-corrected chi connectivity index (χ0v) is 12.1. The number of hydrogen-bond donors (Lipinski definition) is 1. The van der Waals surface area contributed by atoms with Gasteiger partial charge in [0.2, 0.25) is 0 Å². The molecule has 3 aliphatic carbocycles. The third kappa shape index (κ3) is 1.97. The van der Waals surface area contributed by atoms with E-state index in [0.717, 1.165) is 24.5 Å². The molecule has 0 aliphatic heterocycles. The van der Waals surface area contributed by atoms with Gasteiger partial charge in [0.15, 0.2) is 0 Å². The molecule has 3 fully saturated rings. The van der Waals surface area contributed by atoms with Crippen molar-refractivity contribution in [3.8, 4) is 5.75 Å². The predicted molar refractivity (Wildman–Crippen MR) is 76.2 cm³/mol. The largest absolute Gasteiger partial charge is 0.496 e. The van der Waals surface area contributed by atoms with Gasteiger partial charge in [-0.25, -0.2) is 0 Å². The summed E-state index contributed by atoms with van der Waals surface area (Å²) >= 11 is 0. The van der Waals surface area contributed by atoms with Gasteiger partial charge in [-0.1, -0.05) is 32.0 Å². The van der Waals surface area contributed by atoms with Crippen molar-refractivity contribution in [2.75, 3.05) is 7.11 Å². The Labute approximate surface area is 115 Å². The average Bonchev–Trinajstić information content (AvgIpc) is 2.41. The van der Waals surface area contributed by atoms with Crippen LogP contribution in [-0.4, -0.2) is 18.3 Å². The molecule has 104 valence electrons. The second-order valence-corrected chi connectivity index (χ2v) is 6.86. The lowest BCUT2D eigenvalue weighted by molar-refractivity contribution is -0.169. The van der Waals surface area contributed by atoms with Crippen LogP contribution in [0, 0.1) is 23.2 Å². The van der Waals surface area contributed by atoms with Crippen molar-refractivity contribution in [3.63, 3.8) is 0 Å². The molecule has 2 heteroatoms. The van der Waals surface area contributed by atoms with Crippen LogP contribution >= 0.6 is 0 Å². The Morgan fingerprint density at radius 3 is 2.63 bits per heavy atom. The first kappa shape index (κ1) is 13.0. The average molecular weight is 260 g/mol. The van der Waals surface area contributed by atoms with Gasteiger partial charge in [-0.05, 0) is 54.1 Å². The number of methoxy groups -OCH3 is 1. The Morgan fingerprint density at radius 2 is 2.00 bits per heavy atom. The van der Waals surface area contributed by atoms with E-state index in [2.05, 4.69) is 26.0 Å². The highest BCUT2D eigenvalue weighted by molar-refractivity contribution is 5.34. The van der Waals surface area contributed by atoms with Gasteiger partial charge in [-0.2, -0.15) is 0 Å². The maximum atomic E-state index is 10.6. The molecule has 1 aromatic carbocycles. The van der Waals surface area contributed by atoms with Crippen LogP contribution in [0.5, 0.6) is 5.75 Å². The van der Waals surface area contributed by atoms with Crippen LogP contribution in [0.4, 0.5) is 0 Å². The number of hydrogen-bond acceptors (Lipinski definition) is 2.